The number of hydrogen-bond acceptors (Lipinski definition) is 4. The molecule has 1 N–H and O–H groups in total. The van der Waals surface area contributed by atoms with Crippen molar-refractivity contribution in [1.29, 1.82) is 5.26 Å². The topological polar surface area (TPSA) is 56.6 Å². The number of nitrogens with zero attached hydrogens (tertiary/aromatic N) is 1. The molecule has 2 rings (SSSR count). The predicted molar refractivity (Wildman–Crippen MR) is 62.2 cm³/mol. The summed E-state index contributed by atoms with van der Waals surface area (Å²) in [5.74, 6) is 0. The summed E-state index contributed by atoms with van der Waals surface area (Å²) in [4.78, 5) is 15.1. The number of thiazole rings is 1. The zero-order valence-electron chi connectivity index (χ0n) is 7.56. The second-order valence-corrected chi connectivity index (χ2v) is 4.78. The van der Waals surface area contributed by atoms with Crippen molar-refractivity contribution < 1.29 is 0 Å². The van der Waals surface area contributed by atoms with Gasteiger partial charge in [0.05, 0.1) is 10.6 Å². The van der Waals surface area contributed by atoms with Gasteiger partial charge in [-0.15, -0.1) is 22.7 Å². The zero-order valence-corrected chi connectivity index (χ0v) is 9.19. The maximum atomic E-state index is 11.4. The summed E-state index contributed by atoms with van der Waals surface area (Å²) in [6.07, 6.45) is 3.15. The van der Waals surface area contributed by atoms with Crippen LogP contribution in [-0.4, -0.2) is 4.98 Å². The minimum absolute atomic E-state index is 0.144. The molecular weight excluding hydrogens is 228 g/mol. The van der Waals surface area contributed by atoms with Gasteiger partial charge in [-0.3, -0.25) is 4.79 Å². The minimum atomic E-state index is -0.144. The van der Waals surface area contributed by atoms with Gasteiger partial charge in [-0.2, -0.15) is 5.26 Å². The highest BCUT2D eigenvalue weighted by molar-refractivity contribution is 7.11. The lowest BCUT2D eigenvalue weighted by Crippen LogP contribution is -2.19. The van der Waals surface area contributed by atoms with Crippen molar-refractivity contribution in [2.75, 3.05) is 0 Å². The smallest absolute Gasteiger partial charge is 0.266 e. The molecule has 0 saturated carbocycles. The second kappa shape index (κ2) is 4.26. The molecular formula is C10H6N2OS2. The number of rotatable bonds is 1. The van der Waals surface area contributed by atoms with Gasteiger partial charge in [-0.25, -0.2) is 0 Å². The molecule has 0 saturated heterocycles. The van der Waals surface area contributed by atoms with Gasteiger partial charge >= 0.3 is 0 Å². The fraction of sp³-hybridized carbons (Fsp3) is 0. The Labute approximate surface area is 93.3 Å². The van der Waals surface area contributed by atoms with Crippen LogP contribution in [0.25, 0.3) is 12.2 Å². The Morgan fingerprint density at radius 1 is 1.53 bits per heavy atom. The third-order valence-electron chi connectivity index (χ3n) is 1.69. The third-order valence-corrected chi connectivity index (χ3v) is 3.47. The van der Waals surface area contributed by atoms with Gasteiger partial charge in [0.25, 0.3) is 5.56 Å². The Bertz CT molecular complexity index is 656. The van der Waals surface area contributed by atoms with E-state index < -0.39 is 0 Å². The molecule has 0 aliphatic rings. The van der Waals surface area contributed by atoms with Gasteiger partial charge < -0.3 is 4.98 Å². The number of aromatic nitrogens is 1. The van der Waals surface area contributed by atoms with Crippen LogP contribution in [0.15, 0.2) is 22.3 Å². The fourth-order valence-corrected chi connectivity index (χ4v) is 2.64. The highest BCUT2D eigenvalue weighted by Gasteiger charge is 1.94. The van der Waals surface area contributed by atoms with Gasteiger partial charge in [-0.1, -0.05) is 6.07 Å². The van der Waals surface area contributed by atoms with E-state index in [0.29, 0.717) is 9.20 Å². The fourth-order valence-electron chi connectivity index (χ4n) is 1.09. The lowest BCUT2D eigenvalue weighted by Gasteiger charge is -1.76. The summed E-state index contributed by atoms with van der Waals surface area (Å²) < 4.78 is 1.21. The summed E-state index contributed by atoms with van der Waals surface area (Å²) in [6, 6.07) is 5.76. The Morgan fingerprint density at radius 2 is 2.40 bits per heavy atom. The third kappa shape index (κ3) is 2.24. The lowest BCUT2D eigenvalue weighted by molar-refractivity contribution is 1.26. The van der Waals surface area contributed by atoms with E-state index in [0.717, 1.165) is 4.88 Å². The Kier molecular flexibility index (Phi) is 2.81. The molecule has 0 atom stereocenters. The Hall–Kier alpha value is -1.64. The van der Waals surface area contributed by atoms with Crippen molar-refractivity contribution in [3.63, 3.8) is 0 Å². The largest absolute Gasteiger partial charge is 0.312 e. The molecule has 0 spiro atoms. The molecule has 0 radical (unpaired) electrons. The second-order valence-electron chi connectivity index (χ2n) is 2.72. The molecule has 0 aliphatic heterocycles. The van der Waals surface area contributed by atoms with Gasteiger partial charge in [0.1, 0.15) is 4.66 Å². The number of hydrogen-bond donors (Lipinski definition) is 1. The molecule has 2 aromatic heterocycles. The molecule has 0 unspecified atom stereocenters. The monoisotopic (exact) mass is 234 g/mol. The van der Waals surface area contributed by atoms with E-state index in [4.69, 9.17) is 5.26 Å². The summed E-state index contributed by atoms with van der Waals surface area (Å²) >= 11 is 2.86. The number of thiophene rings is 1. The van der Waals surface area contributed by atoms with E-state index in [1.165, 1.54) is 17.4 Å². The average molecular weight is 234 g/mol. The van der Waals surface area contributed by atoms with Crippen molar-refractivity contribution in [1.82, 2.24) is 4.98 Å². The van der Waals surface area contributed by atoms with Gasteiger partial charge in [-0.05, 0) is 17.5 Å². The molecule has 0 amide bonds. The van der Waals surface area contributed by atoms with E-state index in [1.807, 2.05) is 29.7 Å². The first-order chi connectivity index (χ1) is 7.29. The van der Waals surface area contributed by atoms with Crippen LogP contribution in [0.3, 0.4) is 0 Å². The SMILES string of the molecule is N#C/C=c1/[nH]c(=O)/c(=C/c2cccs2)s1. The minimum Gasteiger partial charge on any atom is -0.312 e. The van der Waals surface area contributed by atoms with E-state index >= 15 is 0 Å². The van der Waals surface area contributed by atoms with Crippen LogP contribution in [-0.2, 0) is 0 Å². The van der Waals surface area contributed by atoms with Crippen LogP contribution in [0, 0.1) is 11.3 Å². The van der Waals surface area contributed by atoms with E-state index in [2.05, 4.69) is 4.98 Å². The number of nitrogens with one attached hydrogen (secondary N) is 1. The van der Waals surface area contributed by atoms with Crippen LogP contribution in [0.2, 0.25) is 0 Å². The molecule has 74 valence electrons. The first kappa shape index (κ1) is 9.90. The van der Waals surface area contributed by atoms with E-state index in [-0.39, 0.29) is 5.56 Å². The Balaban J connectivity index is 2.61. The average Bonchev–Trinajstić information content (AvgIpc) is 2.79. The van der Waals surface area contributed by atoms with Crippen LogP contribution in [0.1, 0.15) is 4.88 Å². The molecule has 5 heteroatoms. The maximum absolute atomic E-state index is 11.4. The highest BCUT2D eigenvalue weighted by atomic mass is 32.1. The highest BCUT2D eigenvalue weighted by Crippen LogP contribution is 2.07. The molecule has 0 aliphatic carbocycles. The zero-order chi connectivity index (χ0) is 10.7. The quantitative estimate of drug-likeness (QED) is 0.787. The van der Waals surface area contributed by atoms with Crippen molar-refractivity contribution in [2.45, 2.75) is 0 Å². The molecule has 2 aromatic rings. The standard InChI is InChI=1S/C10H6N2OS2/c11-4-3-9-12-10(13)8(15-9)6-7-2-1-5-14-7/h1-3,5-6H,(H,12,13)/b8-6-,9-3-. The Morgan fingerprint density at radius 3 is 3.07 bits per heavy atom. The first-order valence-electron chi connectivity index (χ1n) is 4.14. The molecule has 0 aromatic carbocycles. The number of aromatic amines is 1. The van der Waals surface area contributed by atoms with Crippen LogP contribution >= 0.6 is 22.7 Å². The molecule has 3 nitrogen and oxygen atoms in total. The molecule has 0 bridgehead atoms. The van der Waals surface area contributed by atoms with Crippen molar-refractivity contribution in [2.24, 2.45) is 0 Å². The summed E-state index contributed by atoms with van der Waals surface area (Å²) in [7, 11) is 0. The maximum Gasteiger partial charge on any atom is 0.266 e. The van der Waals surface area contributed by atoms with Crippen LogP contribution in [0.4, 0.5) is 0 Å². The first-order valence-corrected chi connectivity index (χ1v) is 5.83. The van der Waals surface area contributed by atoms with E-state index in [1.54, 1.807) is 11.3 Å². The summed E-state index contributed by atoms with van der Waals surface area (Å²) in [5.41, 5.74) is -0.144. The van der Waals surface area contributed by atoms with Gasteiger partial charge in [0, 0.05) is 11.0 Å². The predicted octanol–water partition coefficient (Wildman–Crippen LogP) is 0.631. The van der Waals surface area contributed by atoms with Crippen LogP contribution in [0.5, 0.6) is 0 Å². The van der Waals surface area contributed by atoms with Crippen molar-refractivity contribution in [3.05, 3.63) is 41.9 Å². The van der Waals surface area contributed by atoms with Gasteiger partial charge in [0.15, 0.2) is 0 Å². The molecule has 2 heterocycles. The normalized spacial score (nSPS) is 13.0. The van der Waals surface area contributed by atoms with E-state index in [9.17, 15) is 4.79 Å². The summed E-state index contributed by atoms with van der Waals surface area (Å²) in [6.45, 7) is 0. The number of H-pyrrole nitrogens is 1. The van der Waals surface area contributed by atoms with Crippen LogP contribution < -0.4 is 14.8 Å². The van der Waals surface area contributed by atoms with Gasteiger partial charge in [0.2, 0.25) is 0 Å². The lowest BCUT2D eigenvalue weighted by atomic mass is 10.4. The summed E-state index contributed by atoms with van der Waals surface area (Å²) in [5, 5.41) is 10.4. The number of nitriles is 1. The molecule has 0 fully saturated rings. The molecule has 15 heavy (non-hydrogen) atoms. The van der Waals surface area contributed by atoms with Crippen molar-refractivity contribution >= 4 is 34.8 Å². The van der Waals surface area contributed by atoms with Crippen molar-refractivity contribution in [3.8, 4) is 6.07 Å².